The molecular formula is C8H15NOS. The third-order valence-corrected chi connectivity index (χ3v) is 2.41. The Bertz CT molecular complexity index is 136. The predicted molar refractivity (Wildman–Crippen MR) is 50.2 cm³/mol. The van der Waals surface area contributed by atoms with Crippen LogP contribution < -0.4 is 0 Å². The molecule has 3 heteroatoms. The second kappa shape index (κ2) is 5.47. The summed E-state index contributed by atoms with van der Waals surface area (Å²) in [6.07, 6.45) is 3.68. The van der Waals surface area contributed by atoms with E-state index in [0.717, 1.165) is 30.6 Å². The molecule has 1 aliphatic rings. The van der Waals surface area contributed by atoms with E-state index in [4.69, 9.17) is 4.74 Å². The van der Waals surface area contributed by atoms with E-state index in [2.05, 4.69) is 11.9 Å². The van der Waals surface area contributed by atoms with Crippen molar-refractivity contribution < 1.29 is 4.74 Å². The highest BCUT2D eigenvalue weighted by Crippen LogP contribution is 2.12. The lowest BCUT2D eigenvalue weighted by Crippen LogP contribution is -1.98. The molecule has 0 fully saturated rings. The minimum absolute atomic E-state index is 0.847. The summed E-state index contributed by atoms with van der Waals surface area (Å²) in [5, 5.41) is 0.904. The number of aliphatic imine (C=N–C) groups is 1. The van der Waals surface area contributed by atoms with Gasteiger partial charge in [0.2, 0.25) is 5.23 Å². The highest BCUT2D eigenvalue weighted by atomic mass is 32.2. The molecule has 1 aliphatic heterocycles. The highest BCUT2D eigenvalue weighted by Gasteiger charge is 2.06. The van der Waals surface area contributed by atoms with Gasteiger partial charge in [0, 0.05) is 5.75 Å². The van der Waals surface area contributed by atoms with Gasteiger partial charge in [0.1, 0.15) is 0 Å². The molecule has 0 aliphatic carbocycles. The van der Waals surface area contributed by atoms with E-state index in [0.29, 0.717) is 0 Å². The van der Waals surface area contributed by atoms with Gasteiger partial charge in [-0.25, -0.2) is 4.99 Å². The summed E-state index contributed by atoms with van der Waals surface area (Å²) in [6.45, 7) is 3.98. The lowest BCUT2D eigenvalue weighted by molar-refractivity contribution is 0.303. The van der Waals surface area contributed by atoms with E-state index in [9.17, 15) is 0 Å². The van der Waals surface area contributed by atoms with Crippen molar-refractivity contribution in [1.82, 2.24) is 0 Å². The standard InChI is InChI=1S/C8H15NOS/c1-2-3-4-6-10-8-9-5-7-11-8/h2-7H2,1H3. The quantitative estimate of drug-likeness (QED) is 0.608. The molecule has 11 heavy (non-hydrogen) atoms. The SMILES string of the molecule is CCCCCOC1=NCCS1. The molecule has 64 valence electrons. The summed E-state index contributed by atoms with van der Waals surface area (Å²) < 4.78 is 5.42. The zero-order chi connectivity index (χ0) is 7.94. The smallest absolute Gasteiger partial charge is 0.245 e. The van der Waals surface area contributed by atoms with Crippen LogP contribution >= 0.6 is 11.8 Å². The summed E-state index contributed by atoms with van der Waals surface area (Å²) in [4.78, 5) is 4.19. The van der Waals surface area contributed by atoms with Crippen molar-refractivity contribution >= 4 is 17.0 Å². The van der Waals surface area contributed by atoms with Crippen molar-refractivity contribution in [3.63, 3.8) is 0 Å². The van der Waals surface area contributed by atoms with Crippen LogP contribution in [0.25, 0.3) is 0 Å². The summed E-state index contributed by atoms with van der Waals surface area (Å²) in [5.74, 6) is 1.10. The van der Waals surface area contributed by atoms with Crippen LogP contribution in [0.3, 0.4) is 0 Å². The minimum atomic E-state index is 0.847. The summed E-state index contributed by atoms with van der Waals surface area (Å²) >= 11 is 1.73. The number of hydrogen-bond acceptors (Lipinski definition) is 3. The fourth-order valence-corrected chi connectivity index (χ4v) is 1.62. The number of unbranched alkanes of at least 4 members (excludes halogenated alkanes) is 2. The van der Waals surface area contributed by atoms with Crippen LogP contribution in [0.4, 0.5) is 0 Å². The van der Waals surface area contributed by atoms with Crippen LogP contribution in [0, 0.1) is 0 Å². The van der Waals surface area contributed by atoms with Gasteiger partial charge < -0.3 is 4.74 Å². The molecule has 2 nitrogen and oxygen atoms in total. The van der Waals surface area contributed by atoms with E-state index in [-0.39, 0.29) is 0 Å². The van der Waals surface area contributed by atoms with E-state index in [1.54, 1.807) is 11.8 Å². The molecule has 0 saturated heterocycles. The van der Waals surface area contributed by atoms with Crippen LogP contribution in [-0.2, 0) is 4.74 Å². The topological polar surface area (TPSA) is 21.6 Å². The maximum Gasteiger partial charge on any atom is 0.245 e. The highest BCUT2D eigenvalue weighted by molar-refractivity contribution is 8.13. The molecule has 0 radical (unpaired) electrons. The molecule has 0 saturated carbocycles. The monoisotopic (exact) mass is 173 g/mol. The van der Waals surface area contributed by atoms with Gasteiger partial charge in [-0.1, -0.05) is 31.5 Å². The number of rotatable bonds is 4. The van der Waals surface area contributed by atoms with Gasteiger partial charge in [0.25, 0.3) is 0 Å². The number of nitrogens with zero attached hydrogens (tertiary/aromatic N) is 1. The predicted octanol–water partition coefficient (Wildman–Crippen LogP) is 2.30. The van der Waals surface area contributed by atoms with Gasteiger partial charge in [-0.15, -0.1) is 0 Å². The Morgan fingerprint density at radius 2 is 2.45 bits per heavy atom. The fraction of sp³-hybridized carbons (Fsp3) is 0.875. The Labute approximate surface area is 72.4 Å². The van der Waals surface area contributed by atoms with Crippen LogP contribution in [-0.4, -0.2) is 24.1 Å². The summed E-state index contributed by atoms with van der Waals surface area (Å²) in [5.41, 5.74) is 0. The fourth-order valence-electron chi connectivity index (χ4n) is 0.914. The average molecular weight is 173 g/mol. The zero-order valence-corrected chi connectivity index (χ0v) is 7.82. The first-order valence-electron chi connectivity index (χ1n) is 4.23. The van der Waals surface area contributed by atoms with E-state index in [1.165, 1.54) is 12.8 Å². The van der Waals surface area contributed by atoms with Crippen LogP contribution in [0.5, 0.6) is 0 Å². The molecule has 0 aromatic heterocycles. The van der Waals surface area contributed by atoms with Crippen molar-refractivity contribution in [3.8, 4) is 0 Å². The Morgan fingerprint density at radius 3 is 3.09 bits per heavy atom. The van der Waals surface area contributed by atoms with Crippen molar-refractivity contribution in [2.75, 3.05) is 18.9 Å². The zero-order valence-electron chi connectivity index (χ0n) is 7.01. The van der Waals surface area contributed by atoms with E-state index < -0.39 is 0 Å². The van der Waals surface area contributed by atoms with Crippen molar-refractivity contribution in [2.45, 2.75) is 26.2 Å². The van der Waals surface area contributed by atoms with Crippen LogP contribution in [0.15, 0.2) is 4.99 Å². The van der Waals surface area contributed by atoms with Crippen LogP contribution in [0.1, 0.15) is 26.2 Å². The summed E-state index contributed by atoms with van der Waals surface area (Å²) in [7, 11) is 0. The van der Waals surface area contributed by atoms with Gasteiger partial charge in [-0.3, -0.25) is 0 Å². The largest absolute Gasteiger partial charge is 0.473 e. The molecule has 0 aromatic rings. The Balaban J connectivity index is 1.94. The van der Waals surface area contributed by atoms with Crippen molar-refractivity contribution in [3.05, 3.63) is 0 Å². The molecule has 0 aromatic carbocycles. The molecule has 0 N–H and O–H groups in total. The maximum absolute atomic E-state index is 5.42. The normalized spacial score (nSPS) is 16.6. The van der Waals surface area contributed by atoms with Crippen molar-refractivity contribution in [2.24, 2.45) is 4.99 Å². The molecule has 0 amide bonds. The number of thioether (sulfide) groups is 1. The van der Waals surface area contributed by atoms with Crippen molar-refractivity contribution in [1.29, 1.82) is 0 Å². The molecule has 0 atom stereocenters. The first-order valence-corrected chi connectivity index (χ1v) is 5.22. The third-order valence-electron chi connectivity index (χ3n) is 1.53. The lowest BCUT2D eigenvalue weighted by atomic mass is 10.3. The van der Waals surface area contributed by atoms with Gasteiger partial charge >= 0.3 is 0 Å². The lowest BCUT2D eigenvalue weighted by Gasteiger charge is -2.02. The second-order valence-electron chi connectivity index (χ2n) is 2.55. The Morgan fingerprint density at radius 1 is 1.55 bits per heavy atom. The van der Waals surface area contributed by atoms with Gasteiger partial charge in [0.15, 0.2) is 0 Å². The molecule has 1 rings (SSSR count). The molecule has 1 heterocycles. The maximum atomic E-state index is 5.42. The molecule has 0 bridgehead atoms. The first kappa shape index (κ1) is 8.91. The summed E-state index contributed by atoms with van der Waals surface area (Å²) in [6, 6.07) is 0. The van der Waals surface area contributed by atoms with E-state index >= 15 is 0 Å². The molecule has 0 unspecified atom stereocenters. The van der Waals surface area contributed by atoms with Gasteiger partial charge in [0.05, 0.1) is 13.2 Å². The number of ether oxygens (including phenoxy) is 1. The Hall–Kier alpha value is -0.180. The van der Waals surface area contributed by atoms with Gasteiger partial charge in [-0.05, 0) is 6.42 Å². The minimum Gasteiger partial charge on any atom is -0.473 e. The third kappa shape index (κ3) is 3.65. The Kier molecular flexibility index (Phi) is 4.43. The van der Waals surface area contributed by atoms with E-state index in [1.807, 2.05) is 0 Å². The first-order chi connectivity index (χ1) is 5.43. The molecular weight excluding hydrogens is 158 g/mol. The number of hydrogen-bond donors (Lipinski definition) is 0. The van der Waals surface area contributed by atoms with Crippen LogP contribution in [0.2, 0.25) is 0 Å². The average Bonchev–Trinajstić information content (AvgIpc) is 2.50. The van der Waals surface area contributed by atoms with Gasteiger partial charge in [-0.2, -0.15) is 0 Å². The molecule has 0 spiro atoms. The second-order valence-corrected chi connectivity index (χ2v) is 3.60.